The molecule has 0 aliphatic rings. The van der Waals surface area contributed by atoms with E-state index < -0.39 is 31.3 Å². The largest absolute Gasteiger partial charge is 0.411 e. The Kier molecular flexibility index (Phi) is 5.97. The molecule has 0 fully saturated rings. The van der Waals surface area contributed by atoms with Gasteiger partial charge >= 0.3 is 6.18 Å². The van der Waals surface area contributed by atoms with Crippen LogP contribution in [0, 0.1) is 0 Å². The van der Waals surface area contributed by atoms with Gasteiger partial charge in [0.2, 0.25) is 5.91 Å². The zero-order valence-corrected chi connectivity index (χ0v) is 13.1. The van der Waals surface area contributed by atoms with E-state index >= 15 is 0 Å². The summed E-state index contributed by atoms with van der Waals surface area (Å²) in [5, 5.41) is 2.61. The summed E-state index contributed by atoms with van der Waals surface area (Å²) >= 11 is 0. The van der Waals surface area contributed by atoms with Crippen molar-refractivity contribution >= 4 is 5.91 Å². The Morgan fingerprint density at radius 1 is 1.33 bits per heavy atom. The lowest BCUT2D eigenvalue weighted by molar-refractivity contribution is -0.175. The molecule has 1 atom stereocenters. The fourth-order valence-electron chi connectivity index (χ4n) is 2.14. The molecule has 2 rings (SSSR count). The molecule has 1 aromatic heterocycles. The molecule has 0 bridgehead atoms. The lowest BCUT2D eigenvalue weighted by Crippen LogP contribution is -2.33. The predicted octanol–water partition coefficient (Wildman–Crippen LogP) is 3.22. The molecule has 0 spiro atoms. The summed E-state index contributed by atoms with van der Waals surface area (Å²) in [4.78, 5) is 19.1. The van der Waals surface area contributed by atoms with Gasteiger partial charge < -0.3 is 15.0 Å². The Bertz CT molecular complexity index is 656. The van der Waals surface area contributed by atoms with Crippen LogP contribution < -0.4 is 5.32 Å². The van der Waals surface area contributed by atoms with Crippen molar-refractivity contribution in [1.29, 1.82) is 0 Å². The normalized spacial score (nSPS) is 12.8. The first-order chi connectivity index (χ1) is 11.4. The zero-order chi connectivity index (χ0) is 17.6. The van der Waals surface area contributed by atoms with Crippen LogP contribution in [0.15, 0.2) is 36.5 Å². The summed E-state index contributed by atoms with van der Waals surface area (Å²) in [6.45, 7) is -0.259. The molecular weight excluding hydrogens is 323 g/mol. The third-order valence-corrected chi connectivity index (χ3v) is 3.25. The van der Waals surface area contributed by atoms with Gasteiger partial charge in [0, 0.05) is 0 Å². The maximum absolute atomic E-state index is 12.0. The van der Waals surface area contributed by atoms with Gasteiger partial charge in [-0.05, 0) is 12.0 Å². The third-order valence-electron chi connectivity index (χ3n) is 3.25. The van der Waals surface area contributed by atoms with Crippen LogP contribution in [0.5, 0.6) is 0 Å². The number of carbonyl (C=O) groups excluding carboxylic acids is 1. The molecule has 1 aromatic carbocycles. The Morgan fingerprint density at radius 2 is 2.04 bits per heavy atom. The highest BCUT2D eigenvalue weighted by atomic mass is 19.4. The maximum atomic E-state index is 12.0. The summed E-state index contributed by atoms with van der Waals surface area (Å²) in [6.07, 6.45) is -2.26. The zero-order valence-electron chi connectivity index (χ0n) is 13.1. The van der Waals surface area contributed by atoms with Crippen LogP contribution in [0.2, 0.25) is 0 Å². The van der Waals surface area contributed by atoms with E-state index in [4.69, 9.17) is 0 Å². The number of hydrogen-bond donors (Lipinski definition) is 2. The molecule has 0 aliphatic carbocycles. The topological polar surface area (TPSA) is 67.0 Å². The summed E-state index contributed by atoms with van der Waals surface area (Å²) in [5.74, 6) is -0.0794. The highest BCUT2D eigenvalue weighted by Gasteiger charge is 2.28. The van der Waals surface area contributed by atoms with Gasteiger partial charge in [0.1, 0.15) is 19.0 Å². The standard InChI is InChI=1S/C16H18F3N3O2/c1-2-12(21-14(23)9-24-10-16(17,18)19)15-20-8-13(22-15)11-6-4-3-5-7-11/h3-8,12H,2,9-10H2,1H3,(H,20,22)(H,21,23)/t12-/m0/s1. The second kappa shape index (κ2) is 7.96. The molecule has 0 unspecified atom stereocenters. The van der Waals surface area contributed by atoms with Crippen LogP contribution >= 0.6 is 0 Å². The van der Waals surface area contributed by atoms with E-state index in [0.29, 0.717) is 12.2 Å². The molecule has 24 heavy (non-hydrogen) atoms. The fraction of sp³-hybridized carbons (Fsp3) is 0.375. The smallest absolute Gasteiger partial charge is 0.362 e. The summed E-state index contributed by atoms with van der Waals surface area (Å²) < 4.78 is 40.3. The quantitative estimate of drug-likeness (QED) is 0.812. The van der Waals surface area contributed by atoms with Crippen LogP contribution in [-0.2, 0) is 9.53 Å². The first kappa shape index (κ1) is 18.0. The number of carbonyl (C=O) groups is 1. The predicted molar refractivity (Wildman–Crippen MR) is 82.1 cm³/mol. The lowest BCUT2D eigenvalue weighted by Gasteiger charge is -2.15. The molecule has 1 amide bonds. The number of alkyl halides is 3. The van der Waals surface area contributed by atoms with Gasteiger partial charge in [0.05, 0.1) is 17.9 Å². The van der Waals surface area contributed by atoms with Crippen molar-refractivity contribution in [2.45, 2.75) is 25.6 Å². The van der Waals surface area contributed by atoms with Crippen LogP contribution in [0.1, 0.15) is 25.2 Å². The average Bonchev–Trinajstić information content (AvgIpc) is 3.02. The molecule has 5 nitrogen and oxygen atoms in total. The molecule has 0 saturated carbocycles. The van der Waals surface area contributed by atoms with Crippen LogP contribution in [0.4, 0.5) is 13.2 Å². The van der Waals surface area contributed by atoms with E-state index in [1.54, 1.807) is 6.20 Å². The van der Waals surface area contributed by atoms with Crippen molar-refractivity contribution in [2.24, 2.45) is 0 Å². The number of amides is 1. The number of nitrogens with zero attached hydrogens (tertiary/aromatic N) is 1. The molecule has 2 aromatic rings. The molecule has 2 N–H and O–H groups in total. The minimum absolute atomic E-state index is 0.426. The number of halogens is 3. The number of H-pyrrole nitrogens is 1. The number of nitrogens with one attached hydrogen (secondary N) is 2. The van der Waals surface area contributed by atoms with Crippen molar-refractivity contribution < 1.29 is 22.7 Å². The number of aromatic amines is 1. The van der Waals surface area contributed by atoms with E-state index in [1.807, 2.05) is 37.3 Å². The average molecular weight is 341 g/mol. The number of rotatable bonds is 7. The number of benzene rings is 1. The van der Waals surface area contributed by atoms with Gasteiger partial charge in [-0.3, -0.25) is 4.79 Å². The Labute approximate surface area is 137 Å². The highest BCUT2D eigenvalue weighted by Crippen LogP contribution is 2.20. The van der Waals surface area contributed by atoms with Crippen molar-refractivity contribution in [3.05, 3.63) is 42.4 Å². The number of hydrogen-bond acceptors (Lipinski definition) is 3. The van der Waals surface area contributed by atoms with Crippen LogP contribution in [-0.4, -0.2) is 35.3 Å². The van der Waals surface area contributed by atoms with E-state index in [1.165, 1.54) is 0 Å². The monoisotopic (exact) mass is 341 g/mol. The molecule has 0 aliphatic heterocycles. The number of imidazole rings is 1. The minimum atomic E-state index is -4.45. The van der Waals surface area contributed by atoms with Crippen molar-refractivity contribution in [3.8, 4) is 11.3 Å². The Balaban J connectivity index is 1.94. The fourth-order valence-corrected chi connectivity index (χ4v) is 2.14. The van der Waals surface area contributed by atoms with Crippen LogP contribution in [0.25, 0.3) is 11.3 Å². The van der Waals surface area contributed by atoms with Gasteiger partial charge in [-0.25, -0.2) is 4.98 Å². The van der Waals surface area contributed by atoms with Crippen molar-refractivity contribution in [2.75, 3.05) is 13.2 Å². The molecular formula is C16H18F3N3O2. The van der Waals surface area contributed by atoms with E-state index in [0.717, 1.165) is 11.3 Å². The SMILES string of the molecule is CC[C@H](NC(=O)COCC(F)(F)F)c1ncc(-c2ccccc2)[nH]1. The van der Waals surface area contributed by atoms with E-state index in [-0.39, 0.29) is 0 Å². The van der Waals surface area contributed by atoms with Gasteiger partial charge in [-0.15, -0.1) is 0 Å². The Hall–Kier alpha value is -2.35. The first-order valence-corrected chi connectivity index (χ1v) is 7.43. The van der Waals surface area contributed by atoms with Crippen molar-refractivity contribution in [3.63, 3.8) is 0 Å². The molecule has 8 heteroatoms. The summed E-state index contributed by atoms with van der Waals surface area (Å²) in [7, 11) is 0. The van der Waals surface area contributed by atoms with Gasteiger partial charge in [0.15, 0.2) is 0 Å². The van der Waals surface area contributed by atoms with Crippen molar-refractivity contribution in [1.82, 2.24) is 15.3 Å². The highest BCUT2D eigenvalue weighted by molar-refractivity contribution is 5.77. The second-order valence-electron chi connectivity index (χ2n) is 5.18. The molecule has 130 valence electrons. The number of ether oxygens (including phenoxy) is 1. The first-order valence-electron chi connectivity index (χ1n) is 7.43. The van der Waals surface area contributed by atoms with Gasteiger partial charge in [-0.2, -0.15) is 13.2 Å². The Morgan fingerprint density at radius 3 is 2.67 bits per heavy atom. The molecule has 0 radical (unpaired) electrons. The van der Waals surface area contributed by atoms with E-state index in [9.17, 15) is 18.0 Å². The summed E-state index contributed by atoms with van der Waals surface area (Å²) in [6, 6.07) is 9.10. The molecule has 1 heterocycles. The van der Waals surface area contributed by atoms with Gasteiger partial charge in [-0.1, -0.05) is 37.3 Å². The van der Waals surface area contributed by atoms with E-state index in [2.05, 4.69) is 20.0 Å². The third kappa shape index (κ3) is 5.38. The number of aromatic nitrogens is 2. The lowest BCUT2D eigenvalue weighted by atomic mass is 10.2. The maximum Gasteiger partial charge on any atom is 0.411 e. The van der Waals surface area contributed by atoms with Gasteiger partial charge in [0.25, 0.3) is 0 Å². The second-order valence-corrected chi connectivity index (χ2v) is 5.18. The summed E-state index contributed by atoms with van der Waals surface area (Å²) in [5.41, 5.74) is 1.75. The minimum Gasteiger partial charge on any atom is -0.362 e. The van der Waals surface area contributed by atoms with Crippen LogP contribution in [0.3, 0.4) is 0 Å². The molecule has 0 saturated heterocycles.